The van der Waals surface area contributed by atoms with E-state index >= 15 is 0 Å². The molecule has 0 aliphatic rings. The number of rotatable bonds is 6. The van der Waals surface area contributed by atoms with E-state index in [9.17, 15) is 9.59 Å². The fraction of sp³-hybridized carbons (Fsp3) is 0.467. The van der Waals surface area contributed by atoms with Gasteiger partial charge in [0, 0.05) is 16.2 Å². The molecule has 0 radical (unpaired) electrons. The fourth-order valence-electron chi connectivity index (χ4n) is 1.81. The average molecular weight is 313 g/mol. The average Bonchev–Trinajstić information content (AvgIpc) is 2.44. The molecule has 21 heavy (non-hydrogen) atoms. The standard InChI is InChI=1S/C15H21ClN2O3/c1-4-15(3,5-2)17-14(21)18(10-13(19)20)12-8-6-7-11(16)9-12/h6-9H,4-5,10H2,1-3H3,(H,17,21)(H,19,20). The molecule has 2 amide bonds. The van der Waals surface area contributed by atoms with Crippen LogP contribution in [0.4, 0.5) is 10.5 Å². The zero-order valence-electron chi connectivity index (χ0n) is 12.5. The maximum atomic E-state index is 12.4. The minimum absolute atomic E-state index is 0.369. The number of anilines is 1. The molecule has 6 heteroatoms. The fourth-order valence-corrected chi connectivity index (χ4v) is 2.00. The Balaban J connectivity index is 3.02. The summed E-state index contributed by atoms with van der Waals surface area (Å²) < 4.78 is 0. The van der Waals surface area contributed by atoms with Crippen molar-refractivity contribution in [3.8, 4) is 0 Å². The van der Waals surface area contributed by atoms with Gasteiger partial charge in [0.15, 0.2) is 0 Å². The van der Waals surface area contributed by atoms with Crippen molar-refractivity contribution < 1.29 is 14.7 Å². The van der Waals surface area contributed by atoms with E-state index in [1.807, 2.05) is 20.8 Å². The van der Waals surface area contributed by atoms with Crippen LogP contribution in [0.1, 0.15) is 33.6 Å². The van der Waals surface area contributed by atoms with Crippen LogP contribution in [0.3, 0.4) is 0 Å². The molecule has 0 fully saturated rings. The van der Waals surface area contributed by atoms with Crippen molar-refractivity contribution in [1.29, 1.82) is 0 Å². The number of halogens is 1. The first-order valence-electron chi connectivity index (χ1n) is 6.88. The number of nitrogens with one attached hydrogen (secondary N) is 1. The predicted molar refractivity (Wildman–Crippen MR) is 84.0 cm³/mol. The van der Waals surface area contributed by atoms with E-state index in [0.717, 1.165) is 12.8 Å². The summed E-state index contributed by atoms with van der Waals surface area (Å²) in [7, 11) is 0. The molecular formula is C15H21ClN2O3. The molecule has 116 valence electrons. The highest BCUT2D eigenvalue weighted by molar-refractivity contribution is 6.30. The molecule has 1 aromatic carbocycles. The van der Waals surface area contributed by atoms with Crippen LogP contribution in [0, 0.1) is 0 Å². The molecule has 5 nitrogen and oxygen atoms in total. The number of amides is 2. The van der Waals surface area contributed by atoms with E-state index < -0.39 is 18.5 Å². The first-order chi connectivity index (χ1) is 9.81. The van der Waals surface area contributed by atoms with Crippen molar-refractivity contribution in [3.63, 3.8) is 0 Å². The van der Waals surface area contributed by atoms with Crippen LogP contribution in [0.15, 0.2) is 24.3 Å². The molecule has 0 aliphatic heterocycles. The van der Waals surface area contributed by atoms with Crippen LogP contribution in [-0.4, -0.2) is 29.2 Å². The first-order valence-corrected chi connectivity index (χ1v) is 7.26. The molecule has 0 saturated carbocycles. The van der Waals surface area contributed by atoms with Gasteiger partial charge in [-0.05, 0) is 38.0 Å². The van der Waals surface area contributed by atoms with Gasteiger partial charge >= 0.3 is 12.0 Å². The Labute approximate surface area is 129 Å². The summed E-state index contributed by atoms with van der Waals surface area (Å²) in [5, 5.41) is 12.4. The Morgan fingerprint density at radius 1 is 1.33 bits per heavy atom. The summed E-state index contributed by atoms with van der Waals surface area (Å²) in [6.45, 7) is 5.47. The highest BCUT2D eigenvalue weighted by Crippen LogP contribution is 2.21. The topological polar surface area (TPSA) is 69.6 Å². The van der Waals surface area contributed by atoms with Gasteiger partial charge in [-0.25, -0.2) is 4.79 Å². The normalized spacial score (nSPS) is 11.0. The van der Waals surface area contributed by atoms with Crippen LogP contribution >= 0.6 is 11.6 Å². The summed E-state index contributed by atoms with van der Waals surface area (Å²) >= 11 is 5.91. The molecule has 0 aromatic heterocycles. The van der Waals surface area contributed by atoms with Crippen LogP contribution in [0.25, 0.3) is 0 Å². The van der Waals surface area contributed by atoms with Crippen molar-refractivity contribution in [3.05, 3.63) is 29.3 Å². The van der Waals surface area contributed by atoms with Gasteiger partial charge in [-0.3, -0.25) is 9.69 Å². The Hall–Kier alpha value is -1.75. The molecule has 0 unspecified atom stereocenters. The molecule has 0 spiro atoms. The van der Waals surface area contributed by atoms with Crippen molar-refractivity contribution in [2.45, 2.75) is 39.2 Å². The summed E-state index contributed by atoms with van der Waals surface area (Å²) in [6, 6.07) is 6.14. The lowest BCUT2D eigenvalue weighted by Crippen LogP contribution is -2.52. The van der Waals surface area contributed by atoms with Gasteiger partial charge in [0.25, 0.3) is 0 Å². The molecular weight excluding hydrogens is 292 g/mol. The monoisotopic (exact) mass is 312 g/mol. The zero-order chi connectivity index (χ0) is 16.0. The van der Waals surface area contributed by atoms with Crippen molar-refractivity contribution in [1.82, 2.24) is 5.32 Å². The number of carbonyl (C=O) groups excluding carboxylic acids is 1. The second kappa shape index (κ2) is 7.31. The van der Waals surface area contributed by atoms with E-state index in [-0.39, 0.29) is 5.54 Å². The summed E-state index contributed by atoms with van der Waals surface area (Å²) in [6.07, 6.45) is 1.51. The number of carboxylic acid groups (broad SMARTS) is 1. The van der Waals surface area contributed by atoms with Gasteiger partial charge in [0.05, 0.1) is 0 Å². The molecule has 1 rings (SSSR count). The smallest absolute Gasteiger partial charge is 0.323 e. The van der Waals surface area contributed by atoms with Crippen molar-refractivity contribution in [2.24, 2.45) is 0 Å². The lowest BCUT2D eigenvalue weighted by molar-refractivity contribution is -0.135. The SMILES string of the molecule is CCC(C)(CC)NC(=O)N(CC(=O)O)c1cccc(Cl)c1. The molecule has 1 aromatic rings. The summed E-state index contributed by atoms with van der Waals surface area (Å²) in [5.41, 5.74) is 0.0869. The highest BCUT2D eigenvalue weighted by Gasteiger charge is 2.27. The Morgan fingerprint density at radius 3 is 2.43 bits per heavy atom. The highest BCUT2D eigenvalue weighted by atomic mass is 35.5. The maximum Gasteiger partial charge on any atom is 0.323 e. The minimum Gasteiger partial charge on any atom is -0.480 e. The summed E-state index contributed by atoms with van der Waals surface area (Å²) in [4.78, 5) is 24.6. The lowest BCUT2D eigenvalue weighted by Gasteiger charge is -2.32. The van der Waals surface area contributed by atoms with Crippen LogP contribution in [0.5, 0.6) is 0 Å². The van der Waals surface area contributed by atoms with Crippen LogP contribution in [0.2, 0.25) is 5.02 Å². The maximum absolute atomic E-state index is 12.4. The number of benzene rings is 1. The Kier molecular flexibility index (Phi) is 6.03. The largest absolute Gasteiger partial charge is 0.480 e. The minimum atomic E-state index is -1.08. The van der Waals surface area contributed by atoms with Crippen LogP contribution in [-0.2, 0) is 4.79 Å². The zero-order valence-corrected chi connectivity index (χ0v) is 13.3. The molecule has 0 heterocycles. The molecule has 0 atom stereocenters. The summed E-state index contributed by atoms with van der Waals surface area (Å²) in [5.74, 6) is -1.08. The molecule has 0 saturated heterocycles. The number of carbonyl (C=O) groups is 2. The second-order valence-electron chi connectivity index (χ2n) is 5.16. The number of carboxylic acids is 1. The molecule has 0 bridgehead atoms. The Bertz CT molecular complexity index is 515. The van der Waals surface area contributed by atoms with Gasteiger partial charge < -0.3 is 10.4 Å². The number of urea groups is 1. The van der Waals surface area contributed by atoms with E-state index in [2.05, 4.69) is 5.32 Å². The third kappa shape index (κ3) is 4.93. The molecule has 0 aliphatic carbocycles. The van der Waals surface area contributed by atoms with E-state index in [1.54, 1.807) is 24.3 Å². The first kappa shape index (κ1) is 17.3. The van der Waals surface area contributed by atoms with E-state index in [1.165, 1.54) is 4.90 Å². The van der Waals surface area contributed by atoms with Crippen molar-refractivity contribution in [2.75, 3.05) is 11.4 Å². The predicted octanol–water partition coefficient (Wildman–Crippen LogP) is 3.52. The van der Waals surface area contributed by atoms with Gasteiger partial charge in [0.1, 0.15) is 6.54 Å². The van der Waals surface area contributed by atoms with E-state index in [4.69, 9.17) is 16.7 Å². The number of nitrogens with zero attached hydrogens (tertiary/aromatic N) is 1. The quantitative estimate of drug-likeness (QED) is 0.844. The second-order valence-corrected chi connectivity index (χ2v) is 5.59. The lowest BCUT2D eigenvalue weighted by atomic mass is 9.96. The number of hydrogen-bond donors (Lipinski definition) is 2. The van der Waals surface area contributed by atoms with Gasteiger partial charge in [-0.15, -0.1) is 0 Å². The molecule has 2 N–H and O–H groups in total. The number of hydrogen-bond acceptors (Lipinski definition) is 2. The van der Waals surface area contributed by atoms with Gasteiger partial charge in [-0.1, -0.05) is 31.5 Å². The number of aliphatic carboxylic acids is 1. The third-order valence-electron chi connectivity index (χ3n) is 3.63. The van der Waals surface area contributed by atoms with Gasteiger partial charge in [-0.2, -0.15) is 0 Å². The third-order valence-corrected chi connectivity index (χ3v) is 3.86. The Morgan fingerprint density at radius 2 is 1.95 bits per heavy atom. The van der Waals surface area contributed by atoms with E-state index in [0.29, 0.717) is 10.7 Å². The van der Waals surface area contributed by atoms with Crippen molar-refractivity contribution >= 4 is 29.3 Å². The van der Waals surface area contributed by atoms with Crippen LogP contribution < -0.4 is 10.2 Å². The van der Waals surface area contributed by atoms with Gasteiger partial charge in [0.2, 0.25) is 0 Å².